The molecule has 3 aromatic carbocycles. The van der Waals surface area contributed by atoms with Gasteiger partial charge in [0.2, 0.25) is 0 Å². The van der Waals surface area contributed by atoms with Crippen LogP contribution in [0.5, 0.6) is 5.75 Å². The molecule has 0 spiro atoms. The minimum atomic E-state index is -0.453. The Balaban J connectivity index is 0.000000193. The molecule has 5 heteroatoms. The number of nitro groups is 1. The van der Waals surface area contributed by atoms with Gasteiger partial charge in [0.25, 0.3) is 0 Å². The molecule has 4 rings (SSSR count). The van der Waals surface area contributed by atoms with Gasteiger partial charge in [-0.1, -0.05) is 60.7 Å². The van der Waals surface area contributed by atoms with Crippen molar-refractivity contribution in [1.82, 2.24) is 0 Å². The minimum absolute atomic E-state index is 0. The number of nitrogens with zero attached hydrogens (tertiary/aromatic N) is 1. The quantitative estimate of drug-likeness (QED) is 0.241. The summed E-state index contributed by atoms with van der Waals surface area (Å²) >= 11 is 0. The lowest BCUT2D eigenvalue weighted by atomic mass is 10.1. The highest BCUT2D eigenvalue weighted by atomic mass is 35.5. The van der Waals surface area contributed by atoms with Gasteiger partial charge in [-0.3, -0.25) is 10.1 Å². The maximum atomic E-state index is 10.6. The fourth-order valence-corrected chi connectivity index (χ4v) is 3.25. The third-order valence-corrected chi connectivity index (χ3v) is 4.53. The molecule has 0 radical (unpaired) electrons. The Morgan fingerprint density at radius 2 is 1.61 bits per heavy atom. The summed E-state index contributed by atoms with van der Waals surface area (Å²) in [7, 11) is 1.41. The van der Waals surface area contributed by atoms with Crippen LogP contribution in [0, 0.1) is 10.1 Å². The molecule has 0 aliphatic heterocycles. The van der Waals surface area contributed by atoms with Gasteiger partial charge in [0.05, 0.1) is 12.0 Å². The van der Waals surface area contributed by atoms with Crippen molar-refractivity contribution in [2.75, 3.05) is 7.11 Å². The lowest BCUT2D eigenvalue weighted by Crippen LogP contribution is -1.94. The molecule has 0 atom stereocenters. The van der Waals surface area contributed by atoms with E-state index in [9.17, 15) is 10.1 Å². The minimum Gasteiger partial charge on any atom is -0.490 e. The van der Waals surface area contributed by atoms with Crippen LogP contribution in [-0.2, 0) is 12.8 Å². The highest BCUT2D eigenvalue weighted by molar-refractivity contribution is 5.85. The van der Waals surface area contributed by atoms with Gasteiger partial charge in [0.15, 0.2) is 5.75 Å². The van der Waals surface area contributed by atoms with Crippen molar-refractivity contribution in [3.63, 3.8) is 0 Å². The third-order valence-electron chi connectivity index (χ3n) is 4.53. The Kier molecular flexibility index (Phi) is 7.36. The Labute approximate surface area is 171 Å². The molecule has 144 valence electrons. The Hall–Kier alpha value is -3.11. The lowest BCUT2D eigenvalue weighted by Gasteiger charge is -2.02. The summed E-state index contributed by atoms with van der Waals surface area (Å²) in [6, 6.07) is 22.2. The summed E-state index contributed by atoms with van der Waals surface area (Å²) in [5, 5.41) is 10.6. The van der Waals surface area contributed by atoms with Crippen LogP contribution in [0.1, 0.15) is 16.7 Å². The van der Waals surface area contributed by atoms with Crippen LogP contribution < -0.4 is 4.74 Å². The number of methoxy groups -OCH3 is 1. The van der Waals surface area contributed by atoms with Crippen LogP contribution in [0.15, 0.2) is 79.4 Å². The van der Waals surface area contributed by atoms with Crippen LogP contribution in [0.2, 0.25) is 0 Å². The van der Waals surface area contributed by atoms with E-state index in [4.69, 9.17) is 4.74 Å². The van der Waals surface area contributed by atoms with Crippen molar-refractivity contribution in [2.24, 2.45) is 0 Å². The first-order chi connectivity index (χ1) is 13.1. The number of hydrogen-bond acceptors (Lipinski definition) is 3. The molecule has 4 nitrogen and oxygen atoms in total. The summed E-state index contributed by atoms with van der Waals surface area (Å²) in [5.74, 6) is 0.280. The Bertz CT molecular complexity index is 942. The standard InChI is InChI=1S/C13H10.C10H11NO3.ClH/c1-3-7-12-10(5-1)9-11-6-2-4-8-13(11)12;1-3-4-8-5-6-10(14-2)9(7-8)11(12)13;/h1-8H,9H2;3,5-7H,1,4H2,2H3;1H. The SMILES string of the molecule is C=CCc1ccc(OC)c([N+](=O)[O-])c1.Cl.c1ccc2c(c1)Cc1ccccc1-2. The predicted octanol–water partition coefficient (Wildman–Crippen LogP) is 6.01. The fourth-order valence-electron chi connectivity index (χ4n) is 3.25. The first-order valence-corrected chi connectivity index (χ1v) is 8.72. The summed E-state index contributed by atoms with van der Waals surface area (Å²) < 4.78 is 4.87. The molecule has 1 aliphatic rings. The van der Waals surface area contributed by atoms with E-state index >= 15 is 0 Å². The second-order valence-corrected chi connectivity index (χ2v) is 6.25. The summed E-state index contributed by atoms with van der Waals surface area (Å²) in [6.07, 6.45) is 3.42. The van der Waals surface area contributed by atoms with Crippen molar-refractivity contribution in [2.45, 2.75) is 12.8 Å². The van der Waals surface area contributed by atoms with Crippen molar-refractivity contribution in [3.05, 3.63) is 106 Å². The van der Waals surface area contributed by atoms with E-state index in [0.29, 0.717) is 6.42 Å². The number of ether oxygens (including phenoxy) is 1. The van der Waals surface area contributed by atoms with Crippen LogP contribution >= 0.6 is 12.4 Å². The molecular formula is C23H22ClNO3. The number of allylic oxidation sites excluding steroid dienone is 1. The van der Waals surface area contributed by atoms with E-state index < -0.39 is 4.92 Å². The van der Waals surface area contributed by atoms with Gasteiger partial charge in [-0.25, -0.2) is 0 Å². The van der Waals surface area contributed by atoms with Gasteiger partial charge in [0, 0.05) is 6.07 Å². The van der Waals surface area contributed by atoms with E-state index in [-0.39, 0.29) is 23.8 Å². The maximum absolute atomic E-state index is 10.6. The summed E-state index contributed by atoms with van der Waals surface area (Å²) in [6.45, 7) is 3.57. The largest absolute Gasteiger partial charge is 0.490 e. The number of nitro benzene ring substituents is 1. The normalized spacial score (nSPS) is 10.5. The molecule has 3 aromatic rings. The molecule has 0 fully saturated rings. The Morgan fingerprint density at radius 1 is 1.04 bits per heavy atom. The molecule has 0 N–H and O–H groups in total. The highest BCUT2D eigenvalue weighted by Crippen LogP contribution is 2.35. The molecule has 28 heavy (non-hydrogen) atoms. The van der Waals surface area contributed by atoms with Crippen molar-refractivity contribution >= 4 is 18.1 Å². The zero-order valence-electron chi connectivity index (χ0n) is 15.6. The molecule has 0 saturated heterocycles. The molecular weight excluding hydrogens is 374 g/mol. The van der Waals surface area contributed by atoms with E-state index in [1.54, 1.807) is 18.2 Å². The monoisotopic (exact) mass is 395 g/mol. The van der Waals surface area contributed by atoms with E-state index in [0.717, 1.165) is 12.0 Å². The number of rotatable bonds is 4. The van der Waals surface area contributed by atoms with Gasteiger partial charge < -0.3 is 4.74 Å². The average molecular weight is 396 g/mol. The number of fused-ring (bicyclic) bond motifs is 3. The lowest BCUT2D eigenvalue weighted by molar-refractivity contribution is -0.385. The second kappa shape index (κ2) is 9.72. The van der Waals surface area contributed by atoms with Crippen LogP contribution in [-0.4, -0.2) is 12.0 Å². The molecule has 0 heterocycles. The van der Waals surface area contributed by atoms with Gasteiger partial charge in [-0.2, -0.15) is 0 Å². The molecule has 0 unspecified atom stereocenters. The van der Waals surface area contributed by atoms with Crippen LogP contribution in [0.25, 0.3) is 11.1 Å². The Morgan fingerprint density at radius 3 is 2.11 bits per heavy atom. The first kappa shape index (κ1) is 21.2. The molecule has 0 aromatic heterocycles. The second-order valence-electron chi connectivity index (χ2n) is 6.25. The molecule has 0 bridgehead atoms. The number of hydrogen-bond donors (Lipinski definition) is 0. The fraction of sp³-hybridized carbons (Fsp3) is 0.130. The zero-order chi connectivity index (χ0) is 19.2. The van der Waals surface area contributed by atoms with Crippen LogP contribution in [0.3, 0.4) is 0 Å². The van der Waals surface area contributed by atoms with Crippen molar-refractivity contribution in [3.8, 4) is 16.9 Å². The van der Waals surface area contributed by atoms with Crippen LogP contribution in [0.4, 0.5) is 5.69 Å². The zero-order valence-corrected chi connectivity index (χ0v) is 16.4. The maximum Gasteiger partial charge on any atom is 0.311 e. The van der Waals surface area contributed by atoms with Gasteiger partial charge in [0.1, 0.15) is 0 Å². The summed E-state index contributed by atoms with van der Waals surface area (Å²) in [4.78, 5) is 10.2. The third kappa shape index (κ3) is 4.59. The van der Waals surface area contributed by atoms with E-state index in [1.165, 1.54) is 35.4 Å². The van der Waals surface area contributed by atoms with Gasteiger partial charge in [-0.15, -0.1) is 19.0 Å². The topological polar surface area (TPSA) is 52.4 Å². The summed E-state index contributed by atoms with van der Waals surface area (Å²) in [5.41, 5.74) is 6.60. The average Bonchev–Trinajstić information content (AvgIpc) is 3.07. The van der Waals surface area contributed by atoms with Gasteiger partial charge in [-0.05, 0) is 46.7 Å². The first-order valence-electron chi connectivity index (χ1n) is 8.72. The smallest absolute Gasteiger partial charge is 0.311 e. The highest BCUT2D eigenvalue weighted by Gasteiger charge is 2.16. The van der Waals surface area contributed by atoms with E-state index in [1.807, 2.05) is 0 Å². The predicted molar refractivity (Wildman–Crippen MR) is 115 cm³/mol. The number of benzene rings is 3. The van der Waals surface area contributed by atoms with Crippen molar-refractivity contribution < 1.29 is 9.66 Å². The van der Waals surface area contributed by atoms with Crippen molar-refractivity contribution in [1.29, 1.82) is 0 Å². The molecule has 0 saturated carbocycles. The number of halogens is 1. The molecule has 0 amide bonds. The van der Waals surface area contributed by atoms with E-state index in [2.05, 4.69) is 55.1 Å². The van der Waals surface area contributed by atoms with Gasteiger partial charge >= 0.3 is 5.69 Å². The molecule has 1 aliphatic carbocycles.